The van der Waals surface area contributed by atoms with Crippen LogP contribution in [0.15, 0.2) is 23.4 Å². The second kappa shape index (κ2) is 5.97. The summed E-state index contributed by atoms with van der Waals surface area (Å²) in [6.07, 6.45) is 0. The molecule has 9 heteroatoms. The Balaban J connectivity index is 2.47. The van der Waals surface area contributed by atoms with E-state index in [1.807, 2.05) is 0 Å². The van der Waals surface area contributed by atoms with Crippen LogP contribution in [0.5, 0.6) is 0 Å². The summed E-state index contributed by atoms with van der Waals surface area (Å²) in [6, 6.07) is 2.89. The van der Waals surface area contributed by atoms with Crippen LogP contribution in [0.4, 0.5) is 8.78 Å². The summed E-state index contributed by atoms with van der Waals surface area (Å²) in [7, 11) is 0. The standard InChI is InChI=1S/C11H9F2N3O3S/c12-6-1-2-8(7(13)3-6)16-9(4-17)14-15-11(16)20-5-10(18)19/h1-3,17H,4-5H2,(H,18,19). The van der Waals surface area contributed by atoms with Crippen molar-refractivity contribution in [2.75, 3.05) is 5.75 Å². The fraction of sp³-hybridized carbons (Fsp3) is 0.182. The van der Waals surface area contributed by atoms with Crippen LogP contribution < -0.4 is 0 Å². The molecule has 0 aliphatic rings. The summed E-state index contributed by atoms with van der Waals surface area (Å²) < 4.78 is 27.9. The molecular formula is C11H9F2N3O3S. The van der Waals surface area contributed by atoms with Crippen LogP contribution in [0.25, 0.3) is 5.69 Å². The molecule has 0 fully saturated rings. The van der Waals surface area contributed by atoms with Gasteiger partial charge in [-0.2, -0.15) is 0 Å². The van der Waals surface area contributed by atoms with E-state index in [0.29, 0.717) is 6.07 Å². The van der Waals surface area contributed by atoms with E-state index in [2.05, 4.69) is 10.2 Å². The minimum absolute atomic E-state index is 0.0309. The normalized spacial score (nSPS) is 10.8. The number of nitrogens with zero attached hydrogens (tertiary/aromatic N) is 3. The van der Waals surface area contributed by atoms with Crippen LogP contribution >= 0.6 is 11.8 Å². The van der Waals surface area contributed by atoms with Gasteiger partial charge in [0.15, 0.2) is 11.0 Å². The maximum absolute atomic E-state index is 13.8. The molecule has 0 bridgehead atoms. The van der Waals surface area contributed by atoms with Gasteiger partial charge in [-0.3, -0.25) is 9.36 Å². The third-order valence-electron chi connectivity index (χ3n) is 2.32. The third-order valence-corrected chi connectivity index (χ3v) is 3.23. The lowest BCUT2D eigenvalue weighted by molar-refractivity contribution is -0.133. The second-order valence-corrected chi connectivity index (χ2v) is 4.61. The van der Waals surface area contributed by atoms with Crippen LogP contribution in [0.3, 0.4) is 0 Å². The van der Waals surface area contributed by atoms with Crippen molar-refractivity contribution in [2.24, 2.45) is 0 Å². The summed E-state index contributed by atoms with van der Waals surface area (Å²) in [5, 5.41) is 25.2. The number of carboxylic acid groups (broad SMARTS) is 1. The van der Waals surface area contributed by atoms with E-state index in [1.165, 1.54) is 0 Å². The first-order valence-electron chi connectivity index (χ1n) is 5.38. The highest BCUT2D eigenvalue weighted by atomic mass is 32.2. The zero-order valence-corrected chi connectivity index (χ0v) is 10.8. The lowest BCUT2D eigenvalue weighted by Crippen LogP contribution is -2.07. The van der Waals surface area contributed by atoms with E-state index in [-0.39, 0.29) is 22.4 Å². The number of halogens is 2. The van der Waals surface area contributed by atoms with Crippen LogP contribution in [0.2, 0.25) is 0 Å². The molecule has 2 rings (SSSR count). The molecule has 6 nitrogen and oxygen atoms in total. The van der Waals surface area contributed by atoms with Crippen molar-refractivity contribution in [2.45, 2.75) is 11.8 Å². The predicted molar refractivity (Wildman–Crippen MR) is 65.6 cm³/mol. The lowest BCUT2D eigenvalue weighted by atomic mass is 10.3. The van der Waals surface area contributed by atoms with Crippen molar-refractivity contribution in [3.63, 3.8) is 0 Å². The number of aromatic nitrogens is 3. The first-order chi connectivity index (χ1) is 9.52. The number of carbonyl (C=O) groups is 1. The van der Waals surface area contributed by atoms with Gasteiger partial charge < -0.3 is 10.2 Å². The quantitative estimate of drug-likeness (QED) is 0.807. The molecule has 1 aromatic carbocycles. The third kappa shape index (κ3) is 2.94. The Morgan fingerprint density at radius 1 is 1.35 bits per heavy atom. The van der Waals surface area contributed by atoms with E-state index in [4.69, 9.17) is 5.11 Å². The van der Waals surface area contributed by atoms with Gasteiger partial charge in [0.1, 0.15) is 18.2 Å². The summed E-state index contributed by atoms with van der Waals surface area (Å²) in [4.78, 5) is 10.6. The Morgan fingerprint density at radius 2 is 2.10 bits per heavy atom. The SMILES string of the molecule is O=C(O)CSc1nnc(CO)n1-c1ccc(F)cc1F. The molecule has 1 heterocycles. The van der Waals surface area contributed by atoms with Gasteiger partial charge in [-0.25, -0.2) is 8.78 Å². The van der Waals surface area contributed by atoms with Gasteiger partial charge in [0.25, 0.3) is 0 Å². The first-order valence-corrected chi connectivity index (χ1v) is 6.36. The largest absolute Gasteiger partial charge is 0.481 e. The monoisotopic (exact) mass is 301 g/mol. The van der Waals surface area contributed by atoms with Crippen molar-refractivity contribution in [3.8, 4) is 5.69 Å². The highest BCUT2D eigenvalue weighted by molar-refractivity contribution is 7.99. The first kappa shape index (κ1) is 14.4. The van der Waals surface area contributed by atoms with E-state index in [9.17, 15) is 18.7 Å². The summed E-state index contributed by atoms with van der Waals surface area (Å²) in [5.41, 5.74) is -0.0617. The number of thioether (sulfide) groups is 1. The molecule has 0 radical (unpaired) electrons. The van der Waals surface area contributed by atoms with E-state index >= 15 is 0 Å². The Bertz CT molecular complexity index is 648. The summed E-state index contributed by atoms with van der Waals surface area (Å²) in [5.74, 6) is -2.95. The predicted octanol–water partition coefficient (Wildman–Crippen LogP) is 1.21. The number of aliphatic carboxylic acids is 1. The zero-order chi connectivity index (χ0) is 14.7. The Hall–Kier alpha value is -2.00. The number of hydrogen-bond donors (Lipinski definition) is 2. The molecule has 0 saturated carbocycles. The molecular weight excluding hydrogens is 292 g/mol. The summed E-state index contributed by atoms with van der Waals surface area (Å²) >= 11 is 0.817. The van der Waals surface area contributed by atoms with Crippen LogP contribution in [0.1, 0.15) is 5.82 Å². The van der Waals surface area contributed by atoms with Crippen molar-refractivity contribution < 1.29 is 23.8 Å². The van der Waals surface area contributed by atoms with Crippen molar-refractivity contribution in [1.29, 1.82) is 0 Å². The van der Waals surface area contributed by atoms with Gasteiger partial charge in [0.2, 0.25) is 0 Å². The number of aliphatic hydroxyl groups is 1. The van der Waals surface area contributed by atoms with Crippen molar-refractivity contribution in [1.82, 2.24) is 14.8 Å². The molecule has 2 aromatic rings. The Morgan fingerprint density at radius 3 is 2.70 bits per heavy atom. The van der Waals surface area contributed by atoms with Gasteiger partial charge >= 0.3 is 5.97 Å². The van der Waals surface area contributed by atoms with E-state index in [0.717, 1.165) is 28.5 Å². The van der Waals surface area contributed by atoms with Gasteiger partial charge in [0.05, 0.1) is 11.4 Å². The van der Waals surface area contributed by atoms with E-state index < -0.39 is 24.2 Å². The minimum atomic E-state index is -1.07. The average molecular weight is 301 g/mol. The molecule has 0 aliphatic carbocycles. The summed E-state index contributed by atoms with van der Waals surface area (Å²) in [6.45, 7) is -0.516. The van der Waals surface area contributed by atoms with Crippen LogP contribution in [-0.2, 0) is 11.4 Å². The van der Waals surface area contributed by atoms with E-state index in [1.54, 1.807) is 0 Å². The van der Waals surface area contributed by atoms with Gasteiger partial charge in [0, 0.05) is 6.07 Å². The number of rotatable bonds is 5. The topological polar surface area (TPSA) is 88.2 Å². The average Bonchev–Trinajstić information content (AvgIpc) is 2.79. The molecule has 106 valence electrons. The zero-order valence-electron chi connectivity index (χ0n) is 9.95. The maximum atomic E-state index is 13.8. The smallest absolute Gasteiger partial charge is 0.313 e. The number of aliphatic hydroxyl groups excluding tert-OH is 1. The molecule has 0 atom stereocenters. The number of carboxylic acids is 1. The molecule has 0 amide bonds. The van der Waals surface area contributed by atoms with Gasteiger partial charge in [-0.15, -0.1) is 10.2 Å². The fourth-order valence-electron chi connectivity index (χ4n) is 1.53. The molecule has 2 N–H and O–H groups in total. The second-order valence-electron chi connectivity index (χ2n) is 3.67. The molecule has 0 saturated heterocycles. The molecule has 0 spiro atoms. The lowest BCUT2D eigenvalue weighted by Gasteiger charge is -2.09. The highest BCUT2D eigenvalue weighted by Gasteiger charge is 2.18. The minimum Gasteiger partial charge on any atom is -0.481 e. The Labute approximate surface area is 116 Å². The Kier molecular flexibility index (Phi) is 4.30. The van der Waals surface area contributed by atoms with Gasteiger partial charge in [-0.1, -0.05) is 11.8 Å². The van der Waals surface area contributed by atoms with Crippen LogP contribution in [0, 0.1) is 11.6 Å². The van der Waals surface area contributed by atoms with Crippen molar-refractivity contribution in [3.05, 3.63) is 35.7 Å². The fourth-order valence-corrected chi connectivity index (χ4v) is 2.21. The molecule has 20 heavy (non-hydrogen) atoms. The number of hydrogen-bond acceptors (Lipinski definition) is 5. The molecule has 1 aromatic heterocycles. The number of benzene rings is 1. The van der Waals surface area contributed by atoms with Gasteiger partial charge in [-0.05, 0) is 12.1 Å². The maximum Gasteiger partial charge on any atom is 0.313 e. The van der Waals surface area contributed by atoms with Crippen LogP contribution in [-0.4, -0.2) is 36.7 Å². The highest BCUT2D eigenvalue weighted by Crippen LogP contribution is 2.24. The molecule has 0 aliphatic heterocycles. The molecule has 0 unspecified atom stereocenters. The van der Waals surface area contributed by atoms with Crippen molar-refractivity contribution >= 4 is 17.7 Å².